The van der Waals surface area contributed by atoms with Crippen LogP contribution in [-0.2, 0) is 6.54 Å². The zero-order valence-electron chi connectivity index (χ0n) is 13.0. The van der Waals surface area contributed by atoms with Crippen LogP contribution < -0.4 is 5.73 Å². The Morgan fingerprint density at radius 1 is 1.29 bits per heavy atom. The molecular weight excluding hydrogens is 278 g/mol. The fourth-order valence-corrected chi connectivity index (χ4v) is 3.92. The van der Waals surface area contributed by atoms with Gasteiger partial charge in [-0.15, -0.1) is 0 Å². The lowest BCUT2D eigenvalue weighted by Crippen LogP contribution is -2.36. The minimum Gasteiger partial charge on any atom is -0.389 e. The fraction of sp³-hybridized carbons (Fsp3) is 0.588. The molecule has 4 heteroatoms. The van der Waals surface area contributed by atoms with E-state index < -0.39 is 0 Å². The number of rotatable bonds is 3. The summed E-state index contributed by atoms with van der Waals surface area (Å²) in [7, 11) is 2.30. The van der Waals surface area contributed by atoms with E-state index in [2.05, 4.69) is 42.0 Å². The highest BCUT2D eigenvalue weighted by Gasteiger charge is 2.34. The molecule has 1 aromatic carbocycles. The number of nitrogens with zero attached hydrogens (tertiary/aromatic N) is 2. The molecule has 0 amide bonds. The third kappa shape index (κ3) is 3.12. The lowest BCUT2D eigenvalue weighted by atomic mass is 10.0. The summed E-state index contributed by atoms with van der Waals surface area (Å²) < 4.78 is 0. The molecule has 21 heavy (non-hydrogen) atoms. The molecule has 0 saturated carbocycles. The van der Waals surface area contributed by atoms with E-state index in [1.54, 1.807) is 0 Å². The molecular formula is C17H25N3S. The third-order valence-corrected chi connectivity index (χ3v) is 5.49. The van der Waals surface area contributed by atoms with Crippen molar-refractivity contribution in [1.82, 2.24) is 9.80 Å². The lowest BCUT2D eigenvalue weighted by Gasteiger charge is -2.26. The summed E-state index contributed by atoms with van der Waals surface area (Å²) in [5.74, 6) is 0. The maximum absolute atomic E-state index is 5.71. The van der Waals surface area contributed by atoms with Crippen molar-refractivity contribution in [1.29, 1.82) is 0 Å². The number of nitrogens with two attached hydrogens (primary N) is 1. The minimum atomic E-state index is 0.485. The first-order chi connectivity index (χ1) is 10.0. The monoisotopic (exact) mass is 303 g/mol. The Hall–Kier alpha value is -0.970. The SMILES string of the molecule is Cc1cc(C(N)=S)ccc1CN1CCC2CCC(C1)N2C. The Morgan fingerprint density at radius 2 is 2.05 bits per heavy atom. The van der Waals surface area contributed by atoms with E-state index >= 15 is 0 Å². The zero-order valence-corrected chi connectivity index (χ0v) is 13.8. The van der Waals surface area contributed by atoms with Crippen LogP contribution >= 0.6 is 12.2 Å². The van der Waals surface area contributed by atoms with Crippen LogP contribution in [0.2, 0.25) is 0 Å². The Morgan fingerprint density at radius 3 is 2.76 bits per heavy atom. The molecule has 2 N–H and O–H groups in total. The molecule has 2 heterocycles. The van der Waals surface area contributed by atoms with Gasteiger partial charge in [-0.05, 0) is 50.4 Å². The Kier molecular flexibility index (Phi) is 4.29. The van der Waals surface area contributed by atoms with Crippen molar-refractivity contribution >= 4 is 17.2 Å². The summed E-state index contributed by atoms with van der Waals surface area (Å²) in [6.07, 6.45) is 4.05. The van der Waals surface area contributed by atoms with Crippen molar-refractivity contribution in [3.8, 4) is 0 Å². The number of likely N-dealkylation sites (tertiary alicyclic amines) is 1. The van der Waals surface area contributed by atoms with E-state index in [1.807, 2.05) is 0 Å². The number of thiocarbonyl (C=S) groups is 1. The van der Waals surface area contributed by atoms with Gasteiger partial charge >= 0.3 is 0 Å². The molecule has 2 unspecified atom stereocenters. The van der Waals surface area contributed by atoms with Gasteiger partial charge in [-0.1, -0.05) is 24.4 Å². The predicted octanol–water partition coefficient (Wildman–Crippen LogP) is 2.30. The van der Waals surface area contributed by atoms with Crippen molar-refractivity contribution < 1.29 is 0 Å². The molecule has 2 saturated heterocycles. The lowest BCUT2D eigenvalue weighted by molar-refractivity contribution is 0.214. The molecule has 0 spiro atoms. The van der Waals surface area contributed by atoms with Crippen LogP contribution in [0.4, 0.5) is 0 Å². The molecule has 3 rings (SSSR count). The summed E-state index contributed by atoms with van der Waals surface area (Å²) in [6.45, 7) is 5.61. The molecule has 2 atom stereocenters. The minimum absolute atomic E-state index is 0.485. The molecule has 2 fully saturated rings. The molecule has 0 aromatic heterocycles. The Labute approximate surface area is 133 Å². The topological polar surface area (TPSA) is 32.5 Å². The average Bonchev–Trinajstić information content (AvgIpc) is 2.68. The quantitative estimate of drug-likeness (QED) is 0.869. The highest BCUT2D eigenvalue weighted by molar-refractivity contribution is 7.80. The number of fused-ring (bicyclic) bond motifs is 2. The second-order valence-corrected chi connectivity index (χ2v) is 7.02. The van der Waals surface area contributed by atoms with Gasteiger partial charge in [-0.3, -0.25) is 9.80 Å². The molecule has 0 aliphatic carbocycles. The summed E-state index contributed by atoms with van der Waals surface area (Å²) in [5.41, 5.74) is 9.38. The normalized spacial score (nSPS) is 26.8. The summed E-state index contributed by atoms with van der Waals surface area (Å²) in [5, 5.41) is 0. The molecule has 2 bridgehead atoms. The average molecular weight is 303 g/mol. The van der Waals surface area contributed by atoms with Crippen molar-refractivity contribution in [3.05, 3.63) is 34.9 Å². The van der Waals surface area contributed by atoms with Crippen LogP contribution in [0.25, 0.3) is 0 Å². The summed E-state index contributed by atoms with van der Waals surface area (Å²) in [4.78, 5) is 5.70. The van der Waals surface area contributed by atoms with E-state index in [4.69, 9.17) is 18.0 Å². The third-order valence-electron chi connectivity index (χ3n) is 5.25. The van der Waals surface area contributed by atoms with Crippen LogP contribution in [0.1, 0.15) is 36.0 Å². The maximum atomic E-state index is 5.71. The van der Waals surface area contributed by atoms with Gasteiger partial charge in [0.2, 0.25) is 0 Å². The van der Waals surface area contributed by atoms with Gasteiger partial charge < -0.3 is 5.73 Å². The predicted molar refractivity (Wildman–Crippen MR) is 91.5 cm³/mol. The number of likely N-dealkylation sites (N-methyl/N-ethyl adjacent to an activating group) is 1. The second-order valence-electron chi connectivity index (χ2n) is 6.58. The molecule has 2 aliphatic rings. The van der Waals surface area contributed by atoms with E-state index in [9.17, 15) is 0 Å². The highest BCUT2D eigenvalue weighted by Crippen LogP contribution is 2.29. The van der Waals surface area contributed by atoms with Gasteiger partial charge in [-0.2, -0.15) is 0 Å². The molecule has 1 aromatic rings. The van der Waals surface area contributed by atoms with Gasteiger partial charge in [0.05, 0.1) is 0 Å². The van der Waals surface area contributed by atoms with Crippen LogP contribution in [-0.4, -0.2) is 47.0 Å². The van der Waals surface area contributed by atoms with Gasteiger partial charge in [-0.25, -0.2) is 0 Å². The van der Waals surface area contributed by atoms with E-state index in [-0.39, 0.29) is 0 Å². The molecule has 2 aliphatic heterocycles. The van der Waals surface area contributed by atoms with Crippen LogP contribution in [0, 0.1) is 6.92 Å². The zero-order chi connectivity index (χ0) is 15.0. The van der Waals surface area contributed by atoms with Crippen molar-refractivity contribution in [3.63, 3.8) is 0 Å². The highest BCUT2D eigenvalue weighted by atomic mass is 32.1. The fourth-order valence-electron chi connectivity index (χ4n) is 3.79. The van der Waals surface area contributed by atoms with Crippen LogP contribution in [0.5, 0.6) is 0 Å². The number of hydrogen-bond acceptors (Lipinski definition) is 3. The van der Waals surface area contributed by atoms with E-state index in [0.29, 0.717) is 4.99 Å². The molecule has 0 radical (unpaired) electrons. The number of benzene rings is 1. The van der Waals surface area contributed by atoms with Gasteiger partial charge in [0.1, 0.15) is 4.99 Å². The van der Waals surface area contributed by atoms with Crippen molar-refractivity contribution in [2.45, 2.75) is 44.8 Å². The summed E-state index contributed by atoms with van der Waals surface area (Å²) in [6, 6.07) is 7.91. The van der Waals surface area contributed by atoms with Gasteiger partial charge in [0.15, 0.2) is 0 Å². The van der Waals surface area contributed by atoms with E-state index in [1.165, 1.54) is 43.5 Å². The Bertz CT molecular complexity index is 543. The maximum Gasteiger partial charge on any atom is 0.103 e. The molecule has 114 valence electrons. The largest absolute Gasteiger partial charge is 0.389 e. The first-order valence-electron chi connectivity index (χ1n) is 7.88. The molecule has 3 nitrogen and oxygen atoms in total. The first kappa shape index (κ1) is 14.9. The van der Waals surface area contributed by atoms with Crippen molar-refractivity contribution in [2.75, 3.05) is 20.1 Å². The van der Waals surface area contributed by atoms with Crippen LogP contribution in [0.3, 0.4) is 0 Å². The number of aryl methyl sites for hydroxylation is 1. The first-order valence-corrected chi connectivity index (χ1v) is 8.29. The van der Waals surface area contributed by atoms with Gasteiger partial charge in [0, 0.05) is 37.3 Å². The van der Waals surface area contributed by atoms with Crippen LogP contribution in [0.15, 0.2) is 18.2 Å². The number of hydrogen-bond donors (Lipinski definition) is 1. The summed E-state index contributed by atoms with van der Waals surface area (Å²) >= 11 is 5.06. The standard InChI is InChI=1S/C17H25N3S/c1-12-9-13(17(18)21)3-4-14(12)10-20-8-7-15-5-6-16(11-20)19(15)2/h3-4,9,15-16H,5-8,10-11H2,1-2H3,(H2,18,21). The second kappa shape index (κ2) is 6.03. The van der Waals surface area contributed by atoms with E-state index in [0.717, 1.165) is 24.2 Å². The van der Waals surface area contributed by atoms with Gasteiger partial charge in [0.25, 0.3) is 0 Å². The smallest absolute Gasteiger partial charge is 0.103 e. The van der Waals surface area contributed by atoms with Crippen molar-refractivity contribution in [2.24, 2.45) is 5.73 Å². The Balaban J connectivity index is 1.70.